The Bertz CT molecular complexity index is 310. The van der Waals surface area contributed by atoms with Crippen molar-refractivity contribution in [3.05, 3.63) is 18.2 Å². The molecule has 3 nitrogen and oxygen atoms in total. The number of alkyl halides is 2. The van der Waals surface area contributed by atoms with Crippen LogP contribution >= 0.6 is 0 Å². The molecular weight excluding hydrogens is 200 g/mol. The molecule has 2 heterocycles. The standard InChI is InChI=1S/C10H15F2N3/c1-8-6-15(5-2-10(8,11)12)7-9-13-3-4-14-9/h3-4,8H,2,5-7H2,1H3,(H,13,14)/t8-/m0/s1. The van der Waals surface area contributed by atoms with Gasteiger partial charge in [-0.3, -0.25) is 4.90 Å². The third kappa shape index (κ3) is 2.34. The van der Waals surface area contributed by atoms with E-state index in [0.29, 0.717) is 19.6 Å². The van der Waals surface area contributed by atoms with E-state index in [1.807, 2.05) is 4.90 Å². The molecule has 5 heteroatoms. The van der Waals surface area contributed by atoms with Gasteiger partial charge in [-0.25, -0.2) is 13.8 Å². The molecule has 0 saturated carbocycles. The van der Waals surface area contributed by atoms with Crippen molar-refractivity contribution in [3.63, 3.8) is 0 Å². The first kappa shape index (κ1) is 10.5. The number of aromatic amines is 1. The molecule has 0 amide bonds. The third-order valence-corrected chi connectivity index (χ3v) is 2.94. The van der Waals surface area contributed by atoms with Gasteiger partial charge in [-0.2, -0.15) is 0 Å². The lowest BCUT2D eigenvalue weighted by Crippen LogP contribution is -2.45. The minimum atomic E-state index is -2.50. The Morgan fingerprint density at radius 3 is 3.07 bits per heavy atom. The number of H-pyrrole nitrogens is 1. The topological polar surface area (TPSA) is 31.9 Å². The summed E-state index contributed by atoms with van der Waals surface area (Å²) in [4.78, 5) is 9.08. The molecule has 1 aliphatic rings. The highest BCUT2D eigenvalue weighted by molar-refractivity contribution is 4.90. The monoisotopic (exact) mass is 215 g/mol. The van der Waals surface area contributed by atoms with E-state index in [2.05, 4.69) is 9.97 Å². The van der Waals surface area contributed by atoms with Gasteiger partial charge >= 0.3 is 0 Å². The largest absolute Gasteiger partial charge is 0.348 e. The van der Waals surface area contributed by atoms with Crippen LogP contribution in [0, 0.1) is 5.92 Å². The van der Waals surface area contributed by atoms with E-state index >= 15 is 0 Å². The maximum absolute atomic E-state index is 13.2. The predicted molar refractivity (Wildman–Crippen MR) is 52.6 cm³/mol. The van der Waals surface area contributed by atoms with Gasteiger partial charge in [0.2, 0.25) is 0 Å². The minimum Gasteiger partial charge on any atom is -0.348 e. The summed E-state index contributed by atoms with van der Waals surface area (Å²) in [5.41, 5.74) is 0. The van der Waals surface area contributed by atoms with Crippen molar-refractivity contribution in [3.8, 4) is 0 Å². The number of imidazole rings is 1. The molecule has 2 rings (SSSR count). The molecule has 0 spiro atoms. The SMILES string of the molecule is C[C@H]1CN(Cc2ncc[nH]2)CCC1(F)F. The Morgan fingerprint density at radius 2 is 2.47 bits per heavy atom. The van der Waals surface area contributed by atoms with Crippen molar-refractivity contribution < 1.29 is 8.78 Å². The van der Waals surface area contributed by atoms with E-state index in [1.165, 1.54) is 0 Å². The quantitative estimate of drug-likeness (QED) is 0.817. The second-order valence-corrected chi connectivity index (χ2v) is 4.18. The summed E-state index contributed by atoms with van der Waals surface area (Å²) in [7, 11) is 0. The highest BCUT2D eigenvalue weighted by atomic mass is 19.3. The smallest absolute Gasteiger partial charge is 0.253 e. The van der Waals surface area contributed by atoms with Gasteiger partial charge in [0.15, 0.2) is 0 Å². The second-order valence-electron chi connectivity index (χ2n) is 4.18. The van der Waals surface area contributed by atoms with Crippen LogP contribution in [0.4, 0.5) is 8.78 Å². The molecule has 0 bridgehead atoms. The van der Waals surface area contributed by atoms with Gasteiger partial charge in [0.1, 0.15) is 5.82 Å². The summed E-state index contributed by atoms with van der Waals surface area (Å²) in [6.07, 6.45) is 3.38. The van der Waals surface area contributed by atoms with Crippen molar-refractivity contribution >= 4 is 0 Å². The molecule has 0 unspecified atom stereocenters. The lowest BCUT2D eigenvalue weighted by Gasteiger charge is -2.36. The molecule has 1 aliphatic heterocycles. The summed E-state index contributed by atoms with van der Waals surface area (Å²) in [6.45, 7) is 3.12. The van der Waals surface area contributed by atoms with Crippen LogP contribution in [0.2, 0.25) is 0 Å². The van der Waals surface area contributed by atoms with Crippen molar-refractivity contribution in [2.75, 3.05) is 13.1 Å². The van der Waals surface area contributed by atoms with Crippen LogP contribution in [0.5, 0.6) is 0 Å². The molecule has 84 valence electrons. The zero-order valence-electron chi connectivity index (χ0n) is 8.71. The van der Waals surface area contributed by atoms with E-state index in [0.717, 1.165) is 5.82 Å². The number of halogens is 2. The lowest BCUT2D eigenvalue weighted by atomic mass is 9.95. The first-order valence-corrected chi connectivity index (χ1v) is 5.16. The number of hydrogen-bond donors (Lipinski definition) is 1. The van der Waals surface area contributed by atoms with Crippen molar-refractivity contribution in [1.82, 2.24) is 14.9 Å². The van der Waals surface area contributed by atoms with Crippen molar-refractivity contribution in [2.24, 2.45) is 5.92 Å². The van der Waals surface area contributed by atoms with E-state index in [9.17, 15) is 8.78 Å². The predicted octanol–water partition coefficient (Wildman–Crippen LogP) is 1.89. The number of hydrogen-bond acceptors (Lipinski definition) is 2. The van der Waals surface area contributed by atoms with Crippen molar-refractivity contribution in [2.45, 2.75) is 25.8 Å². The molecule has 0 radical (unpaired) electrons. The molecule has 0 aliphatic carbocycles. The van der Waals surface area contributed by atoms with Crippen LogP contribution in [-0.2, 0) is 6.54 Å². The Labute approximate surface area is 87.5 Å². The van der Waals surface area contributed by atoms with Crippen LogP contribution in [0.3, 0.4) is 0 Å². The first-order valence-electron chi connectivity index (χ1n) is 5.16. The summed E-state index contributed by atoms with van der Waals surface area (Å²) in [6, 6.07) is 0. The number of aromatic nitrogens is 2. The van der Waals surface area contributed by atoms with E-state index in [1.54, 1.807) is 19.3 Å². The average Bonchev–Trinajstić information content (AvgIpc) is 2.65. The van der Waals surface area contributed by atoms with Crippen LogP contribution in [0.1, 0.15) is 19.2 Å². The van der Waals surface area contributed by atoms with Gasteiger partial charge in [0, 0.05) is 37.8 Å². The maximum atomic E-state index is 13.2. The summed E-state index contributed by atoms with van der Waals surface area (Å²) >= 11 is 0. The molecule has 1 aromatic rings. The summed E-state index contributed by atoms with van der Waals surface area (Å²) in [5.74, 6) is -2.23. The summed E-state index contributed by atoms with van der Waals surface area (Å²) < 4.78 is 26.4. The Kier molecular flexibility index (Phi) is 2.73. The number of nitrogens with one attached hydrogen (secondary N) is 1. The number of nitrogens with zero attached hydrogens (tertiary/aromatic N) is 2. The van der Waals surface area contributed by atoms with Gasteiger partial charge in [-0.15, -0.1) is 0 Å². The first-order chi connectivity index (χ1) is 7.08. The molecule has 1 N–H and O–H groups in total. The minimum absolute atomic E-state index is 0.0468. The van der Waals surface area contributed by atoms with E-state index in [4.69, 9.17) is 0 Å². The number of piperidine rings is 1. The van der Waals surface area contributed by atoms with Crippen LogP contribution in [0.25, 0.3) is 0 Å². The molecule has 1 saturated heterocycles. The van der Waals surface area contributed by atoms with Crippen molar-refractivity contribution in [1.29, 1.82) is 0 Å². The van der Waals surface area contributed by atoms with E-state index in [-0.39, 0.29) is 6.42 Å². The fourth-order valence-corrected chi connectivity index (χ4v) is 1.91. The number of rotatable bonds is 2. The third-order valence-electron chi connectivity index (χ3n) is 2.94. The molecule has 15 heavy (non-hydrogen) atoms. The fourth-order valence-electron chi connectivity index (χ4n) is 1.91. The Balaban J connectivity index is 1.92. The van der Waals surface area contributed by atoms with Gasteiger partial charge < -0.3 is 4.98 Å². The fraction of sp³-hybridized carbons (Fsp3) is 0.700. The average molecular weight is 215 g/mol. The van der Waals surface area contributed by atoms with Gasteiger partial charge in [0.25, 0.3) is 5.92 Å². The van der Waals surface area contributed by atoms with Gasteiger partial charge in [0.05, 0.1) is 6.54 Å². The lowest BCUT2D eigenvalue weighted by molar-refractivity contribution is -0.101. The molecule has 1 aromatic heterocycles. The Morgan fingerprint density at radius 1 is 1.67 bits per heavy atom. The van der Waals surface area contributed by atoms with Gasteiger partial charge in [-0.1, -0.05) is 6.92 Å². The molecule has 1 fully saturated rings. The van der Waals surface area contributed by atoms with Crippen LogP contribution < -0.4 is 0 Å². The molecular formula is C10H15F2N3. The van der Waals surface area contributed by atoms with Gasteiger partial charge in [-0.05, 0) is 0 Å². The highest BCUT2D eigenvalue weighted by Gasteiger charge is 2.40. The molecule has 1 atom stereocenters. The Hall–Kier alpha value is -0.970. The maximum Gasteiger partial charge on any atom is 0.253 e. The highest BCUT2D eigenvalue weighted by Crippen LogP contribution is 2.33. The van der Waals surface area contributed by atoms with E-state index < -0.39 is 11.8 Å². The zero-order chi connectivity index (χ0) is 10.9. The normalized spacial score (nSPS) is 26.7. The van der Waals surface area contributed by atoms with Crippen LogP contribution in [0.15, 0.2) is 12.4 Å². The second kappa shape index (κ2) is 3.89. The number of likely N-dealkylation sites (tertiary alicyclic amines) is 1. The summed E-state index contributed by atoms with van der Waals surface area (Å²) in [5, 5.41) is 0. The molecule has 0 aromatic carbocycles. The zero-order valence-corrected chi connectivity index (χ0v) is 8.71. The van der Waals surface area contributed by atoms with Crippen LogP contribution in [-0.4, -0.2) is 33.9 Å².